The Morgan fingerprint density at radius 2 is 0.581 bits per heavy atom. The van der Waals surface area contributed by atoms with Gasteiger partial charge in [-0.1, -0.05) is 371 Å². The lowest BCUT2D eigenvalue weighted by Crippen LogP contribution is -2.45. The average Bonchev–Trinajstić information content (AvgIpc) is 3.55. The second-order valence-corrected chi connectivity index (χ2v) is 26.7. The molecule has 0 aromatic heterocycles. The number of amides is 1. The van der Waals surface area contributed by atoms with Crippen LogP contribution in [0.2, 0.25) is 0 Å². The predicted molar refractivity (Wildman–Crippen MR) is 379 cm³/mol. The maximum absolute atomic E-state index is 12.5. The molecule has 506 valence electrons. The van der Waals surface area contributed by atoms with E-state index in [1.165, 1.54) is 347 Å². The summed E-state index contributed by atoms with van der Waals surface area (Å²) < 4.78 is 5.49. The summed E-state index contributed by atoms with van der Waals surface area (Å²) in [4.78, 5) is 24.6. The van der Waals surface area contributed by atoms with Gasteiger partial charge in [-0.2, -0.15) is 0 Å². The van der Waals surface area contributed by atoms with Crippen molar-refractivity contribution in [2.75, 3.05) is 13.2 Å². The van der Waals surface area contributed by atoms with Crippen molar-refractivity contribution < 1.29 is 24.5 Å². The van der Waals surface area contributed by atoms with Gasteiger partial charge in [0.05, 0.1) is 25.4 Å². The van der Waals surface area contributed by atoms with Crippen LogP contribution in [-0.2, 0) is 14.3 Å². The molecule has 0 saturated carbocycles. The first kappa shape index (κ1) is 83.8. The van der Waals surface area contributed by atoms with Gasteiger partial charge in [0.25, 0.3) is 0 Å². The lowest BCUT2D eigenvalue weighted by atomic mass is 10.0. The second-order valence-electron chi connectivity index (χ2n) is 26.7. The lowest BCUT2D eigenvalue weighted by Gasteiger charge is -2.20. The first-order chi connectivity index (χ1) is 42.5. The van der Waals surface area contributed by atoms with Gasteiger partial charge in [0.2, 0.25) is 5.91 Å². The highest BCUT2D eigenvalue weighted by Crippen LogP contribution is 2.19. The summed E-state index contributed by atoms with van der Waals surface area (Å²) in [6.45, 7) is 4.91. The molecule has 0 aromatic carbocycles. The van der Waals surface area contributed by atoms with Crippen LogP contribution in [0.15, 0.2) is 48.6 Å². The van der Waals surface area contributed by atoms with Crippen LogP contribution in [0.25, 0.3) is 0 Å². The van der Waals surface area contributed by atoms with Crippen molar-refractivity contribution in [2.24, 2.45) is 0 Å². The van der Waals surface area contributed by atoms with Crippen molar-refractivity contribution in [3.8, 4) is 0 Å². The first-order valence-corrected chi connectivity index (χ1v) is 38.9. The van der Waals surface area contributed by atoms with E-state index in [0.29, 0.717) is 19.4 Å². The Morgan fingerprint density at radius 3 is 0.919 bits per heavy atom. The summed E-state index contributed by atoms with van der Waals surface area (Å²) in [5, 5.41) is 23.3. The van der Waals surface area contributed by atoms with Crippen LogP contribution in [0.4, 0.5) is 0 Å². The molecule has 0 heterocycles. The van der Waals surface area contributed by atoms with E-state index < -0.39 is 12.1 Å². The number of rotatable bonds is 73. The van der Waals surface area contributed by atoms with E-state index in [4.69, 9.17) is 4.74 Å². The number of carbonyl (C=O) groups excluding carboxylic acids is 2. The molecule has 3 N–H and O–H groups in total. The fourth-order valence-electron chi connectivity index (χ4n) is 12.1. The average molecular weight is 1210 g/mol. The van der Waals surface area contributed by atoms with Crippen molar-refractivity contribution in [2.45, 2.75) is 437 Å². The van der Waals surface area contributed by atoms with E-state index in [2.05, 4.69) is 55.6 Å². The van der Waals surface area contributed by atoms with Crippen LogP contribution in [0.1, 0.15) is 425 Å². The zero-order chi connectivity index (χ0) is 62.0. The molecule has 0 saturated heterocycles. The maximum Gasteiger partial charge on any atom is 0.305 e. The molecule has 0 aromatic rings. The number of aliphatic hydroxyl groups excluding tert-OH is 2. The minimum atomic E-state index is -0.843. The Kier molecular flexibility index (Phi) is 73.4. The summed E-state index contributed by atoms with van der Waals surface area (Å²) in [7, 11) is 0. The third-order valence-electron chi connectivity index (χ3n) is 18.1. The highest BCUT2D eigenvalue weighted by Gasteiger charge is 2.18. The van der Waals surface area contributed by atoms with Crippen molar-refractivity contribution in [1.29, 1.82) is 0 Å². The molecule has 0 aliphatic rings. The molecule has 0 aliphatic carbocycles. The Bertz CT molecular complexity index is 1440. The quantitative estimate of drug-likeness (QED) is 0.0320. The number of nitrogens with one attached hydrogen (secondary N) is 1. The van der Waals surface area contributed by atoms with E-state index in [1.807, 2.05) is 6.08 Å². The Hall–Kier alpha value is -2.18. The fourth-order valence-corrected chi connectivity index (χ4v) is 12.1. The molecular weight excluding hydrogens is 1050 g/mol. The molecule has 0 fully saturated rings. The summed E-state index contributed by atoms with van der Waals surface area (Å²) >= 11 is 0. The smallest absolute Gasteiger partial charge is 0.305 e. The molecular formula is C80H151NO5. The van der Waals surface area contributed by atoms with Crippen molar-refractivity contribution in [3.05, 3.63) is 48.6 Å². The zero-order valence-electron chi connectivity index (χ0n) is 58.1. The van der Waals surface area contributed by atoms with E-state index in [0.717, 1.165) is 51.4 Å². The molecule has 6 nitrogen and oxygen atoms in total. The minimum Gasteiger partial charge on any atom is -0.466 e. The second kappa shape index (κ2) is 75.3. The largest absolute Gasteiger partial charge is 0.466 e. The number of hydrogen-bond donors (Lipinski definition) is 3. The van der Waals surface area contributed by atoms with Gasteiger partial charge in [0, 0.05) is 12.8 Å². The van der Waals surface area contributed by atoms with Crippen LogP contribution in [-0.4, -0.2) is 47.4 Å². The number of aliphatic hydroxyl groups is 2. The lowest BCUT2D eigenvalue weighted by molar-refractivity contribution is -0.143. The highest BCUT2D eigenvalue weighted by atomic mass is 16.5. The van der Waals surface area contributed by atoms with Crippen LogP contribution >= 0.6 is 0 Å². The molecule has 0 rings (SSSR count). The maximum atomic E-state index is 12.5. The molecule has 2 unspecified atom stereocenters. The number of ether oxygens (including phenoxy) is 1. The standard InChI is InChI=1S/C80H151NO5/c1-3-5-7-9-11-13-15-17-19-20-38-41-45-48-52-56-60-64-68-72-78(83)77(76-82)81-79(84)73-69-65-61-57-53-49-46-42-39-36-34-32-30-28-26-24-22-21-23-25-27-29-31-33-35-37-40-43-47-51-55-59-63-67-71-75-86-80(85)74-70-66-62-58-54-50-44-18-16-14-12-10-8-6-4-2/h12,14,18,23,25,44,68,72,77-78,82-83H,3-11,13,15-17,19-22,24,26-43,45-67,69-71,73-76H2,1-2H3,(H,81,84)/b14-12-,25-23-,44-18-,72-68+. The number of esters is 1. The third-order valence-corrected chi connectivity index (χ3v) is 18.1. The molecule has 6 heteroatoms. The molecule has 2 atom stereocenters. The van der Waals surface area contributed by atoms with Gasteiger partial charge in [-0.15, -0.1) is 0 Å². The molecule has 86 heavy (non-hydrogen) atoms. The number of hydrogen-bond acceptors (Lipinski definition) is 5. The number of unbranched alkanes of at least 4 members (excludes halogenated alkanes) is 56. The summed E-state index contributed by atoms with van der Waals surface area (Å²) in [5.74, 6) is -0.0546. The Labute approximate surface area is 537 Å². The Balaban J connectivity index is 3.37. The number of carbonyl (C=O) groups is 2. The van der Waals surface area contributed by atoms with E-state index in [1.54, 1.807) is 6.08 Å². The summed E-state index contributed by atoms with van der Waals surface area (Å²) in [5.41, 5.74) is 0. The van der Waals surface area contributed by atoms with Crippen molar-refractivity contribution in [1.82, 2.24) is 5.32 Å². The summed E-state index contributed by atoms with van der Waals surface area (Å²) in [6, 6.07) is -0.626. The number of allylic oxidation sites excluding steroid dienone is 7. The topological polar surface area (TPSA) is 95.9 Å². The van der Waals surface area contributed by atoms with Crippen LogP contribution in [0, 0.1) is 0 Å². The van der Waals surface area contributed by atoms with Crippen LogP contribution in [0.3, 0.4) is 0 Å². The van der Waals surface area contributed by atoms with Crippen molar-refractivity contribution >= 4 is 11.9 Å². The monoisotopic (exact) mass is 1210 g/mol. The highest BCUT2D eigenvalue weighted by molar-refractivity contribution is 5.76. The molecule has 0 aliphatic heterocycles. The van der Waals surface area contributed by atoms with Gasteiger partial charge in [0.15, 0.2) is 0 Å². The third kappa shape index (κ3) is 70.9. The Morgan fingerprint density at radius 1 is 0.326 bits per heavy atom. The van der Waals surface area contributed by atoms with Gasteiger partial charge in [-0.3, -0.25) is 9.59 Å². The van der Waals surface area contributed by atoms with Gasteiger partial charge in [0.1, 0.15) is 0 Å². The van der Waals surface area contributed by atoms with Gasteiger partial charge >= 0.3 is 5.97 Å². The molecule has 0 radical (unpaired) electrons. The van der Waals surface area contributed by atoms with E-state index >= 15 is 0 Å². The fraction of sp³-hybridized carbons (Fsp3) is 0.875. The van der Waals surface area contributed by atoms with Crippen LogP contribution in [0.5, 0.6) is 0 Å². The van der Waals surface area contributed by atoms with E-state index in [-0.39, 0.29) is 18.5 Å². The SMILES string of the molecule is CCCCC/C=C\C/C=C\CCCCCCCC(=O)OCCCCCCCCCCCCCCCC/C=C\CCCCCCCCCCCCCCCCCCCC(=O)NC(CO)C(O)/C=C/CCCCCCCCCCCCCCCCCCC. The van der Waals surface area contributed by atoms with Gasteiger partial charge in [-0.25, -0.2) is 0 Å². The normalized spacial score (nSPS) is 12.7. The zero-order valence-corrected chi connectivity index (χ0v) is 58.1. The summed E-state index contributed by atoms with van der Waals surface area (Å²) in [6.07, 6.45) is 99.4. The van der Waals surface area contributed by atoms with E-state index in [9.17, 15) is 19.8 Å². The van der Waals surface area contributed by atoms with Crippen LogP contribution < -0.4 is 5.32 Å². The minimum absolute atomic E-state index is 0.00624. The molecule has 0 bridgehead atoms. The first-order valence-electron chi connectivity index (χ1n) is 38.9. The van der Waals surface area contributed by atoms with Gasteiger partial charge in [-0.05, 0) is 89.9 Å². The molecule has 1 amide bonds. The van der Waals surface area contributed by atoms with Gasteiger partial charge < -0.3 is 20.3 Å². The molecule has 0 spiro atoms. The predicted octanol–water partition coefficient (Wildman–Crippen LogP) is 25.6. The van der Waals surface area contributed by atoms with Crippen molar-refractivity contribution in [3.63, 3.8) is 0 Å².